The Hall–Kier alpha value is -2.54. The van der Waals surface area contributed by atoms with Crippen molar-refractivity contribution in [3.05, 3.63) is 54.4 Å². The molecular formula is C13H15N7. The monoisotopic (exact) mass is 269 g/mol. The largest absolute Gasteiger partial charge is 0.348 e. The summed E-state index contributed by atoms with van der Waals surface area (Å²) in [5.74, 6) is 0.925. The van der Waals surface area contributed by atoms with E-state index >= 15 is 0 Å². The van der Waals surface area contributed by atoms with Gasteiger partial charge < -0.3 is 10.3 Å². The van der Waals surface area contributed by atoms with E-state index in [0.717, 1.165) is 11.5 Å². The van der Waals surface area contributed by atoms with Crippen LogP contribution in [0.15, 0.2) is 43.0 Å². The molecule has 2 aromatic heterocycles. The van der Waals surface area contributed by atoms with Gasteiger partial charge in [-0.15, -0.1) is 5.10 Å². The highest BCUT2D eigenvalue weighted by Gasteiger charge is 2.07. The zero-order valence-corrected chi connectivity index (χ0v) is 11.1. The Balaban J connectivity index is 1.71. The Morgan fingerprint density at radius 1 is 1.40 bits per heavy atom. The van der Waals surface area contributed by atoms with Crippen molar-refractivity contribution in [3.8, 4) is 5.69 Å². The third-order valence-electron chi connectivity index (χ3n) is 3.11. The number of aromatic amines is 1. The molecule has 1 unspecified atom stereocenters. The average molecular weight is 269 g/mol. The molecule has 0 bridgehead atoms. The molecule has 0 fully saturated rings. The summed E-state index contributed by atoms with van der Waals surface area (Å²) in [5, 5.41) is 14.6. The summed E-state index contributed by atoms with van der Waals surface area (Å²) in [4.78, 5) is 7.26. The minimum absolute atomic E-state index is 0.205. The number of hydrogen-bond acceptors (Lipinski definition) is 5. The number of rotatable bonds is 5. The zero-order valence-electron chi connectivity index (χ0n) is 11.1. The quantitative estimate of drug-likeness (QED) is 0.728. The van der Waals surface area contributed by atoms with Crippen LogP contribution in [0.2, 0.25) is 0 Å². The lowest BCUT2D eigenvalue weighted by Crippen LogP contribution is -2.19. The van der Waals surface area contributed by atoms with E-state index in [1.54, 1.807) is 17.2 Å². The molecule has 0 amide bonds. The van der Waals surface area contributed by atoms with Crippen LogP contribution in [0.4, 0.5) is 0 Å². The van der Waals surface area contributed by atoms with Crippen molar-refractivity contribution in [2.45, 2.75) is 19.5 Å². The molecule has 0 spiro atoms. The molecule has 0 saturated heterocycles. The lowest BCUT2D eigenvalue weighted by atomic mass is 10.1. The fourth-order valence-corrected chi connectivity index (χ4v) is 1.98. The van der Waals surface area contributed by atoms with Crippen LogP contribution in [0.25, 0.3) is 5.69 Å². The van der Waals surface area contributed by atoms with Gasteiger partial charge >= 0.3 is 0 Å². The Morgan fingerprint density at radius 3 is 3.10 bits per heavy atom. The number of H-pyrrole nitrogens is 1. The lowest BCUT2D eigenvalue weighted by Gasteiger charge is -2.14. The van der Waals surface area contributed by atoms with Gasteiger partial charge in [-0.25, -0.2) is 9.67 Å². The Morgan fingerprint density at radius 2 is 2.35 bits per heavy atom. The number of hydrogen-bond donors (Lipinski definition) is 2. The van der Waals surface area contributed by atoms with Gasteiger partial charge in [0.2, 0.25) is 0 Å². The van der Waals surface area contributed by atoms with Crippen molar-refractivity contribution < 1.29 is 0 Å². The number of nitrogens with one attached hydrogen (secondary N) is 2. The van der Waals surface area contributed by atoms with Crippen molar-refractivity contribution in [1.82, 2.24) is 35.5 Å². The standard InChI is InChI=1S/C13H15N7/c1-10(16-8-13-14-5-6-15-13)11-3-2-4-12(7-11)20-9-17-18-19-20/h2-7,9-10,16H,8H2,1H3,(H,14,15). The summed E-state index contributed by atoms with van der Waals surface area (Å²) < 4.78 is 1.64. The number of nitrogens with zero attached hydrogens (tertiary/aromatic N) is 5. The molecule has 0 aliphatic heterocycles. The van der Waals surface area contributed by atoms with Gasteiger partial charge in [0.15, 0.2) is 0 Å². The molecule has 7 nitrogen and oxygen atoms in total. The van der Waals surface area contributed by atoms with E-state index in [-0.39, 0.29) is 6.04 Å². The van der Waals surface area contributed by atoms with Gasteiger partial charge in [-0.1, -0.05) is 12.1 Å². The first-order valence-electron chi connectivity index (χ1n) is 6.38. The van der Waals surface area contributed by atoms with Gasteiger partial charge in [-0.05, 0) is 35.0 Å². The van der Waals surface area contributed by atoms with Gasteiger partial charge in [0.1, 0.15) is 12.2 Å². The lowest BCUT2D eigenvalue weighted by molar-refractivity contribution is 0.561. The smallest absolute Gasteiger partial charge is 0.143 e. The Bertz CT molecular complexity index is 645. The van der Waals surface area contributed by atoms with Crippen LogP contribution in [0.1, 0.15) is 24.4 Å². The predicted molar refractivity (Wildman–Crippen MR) is 73.0 cm³/mol. The number of tetrazole rings is 1. The molecule has 0 aliphatic rings. The molecule has 3 aromatic rings. The molecule has 0 saturated carbocycles. The molecule has 20 heavy (non-hydrogen) atoms. The first kappa shape index (κ1) is 12.5. The number of imidazole rings is 1. The van der Waals surface area contributed by atoms with E-state index in [0.29, 0.717) is 6.54 Å². The van der Waals surface area contributed by atoms with E-state index in [2.05, 4.69) is 49.9 Å². The Labute approximate surface area is 116 Å². The highest BCUT2D eigenvalue weighted by atomic mass is 15.5. The van der Waals surface area contributed by atoms with Crippen LogP contribution in [-0.4, -0.2) is 30.2 Å². The SMILES string of the molecule is CC(NCc1ncc[nH]1)c1cccc(-n2cnnn2)c1. The number of benzene rings is 1. The summed E-state index contributed by atoms with van der Waals surface area (Å²) >= 11 is 0. The van der Waals surface area contributed by atoms with E-state index in [1.807, 2.05) is 18.3 Å². The molecular weight excluding hydrogens is 254 g/mol. The molecule has 0 radical (unpaired) electrons. The van der Waals surface area contributed by atoms with Crippen LogP contribution < -0.4 is 5.32 Å². The van der Waals surface area contributed by atoms with Crippen LogP contribution in [0.3, 0.4) is 0 Å². The summed E-state index contributed by atoms with van der Waals surface area (Å²) in [7, 11) is 0. The van der Waals surface area contributed by atoms with Gasteiger partial charge in [0.05, 0.1) is 12.2 Å². The fourth-order valence-electron chi connectivity index (χ4n) is 1.98. The molecule has 1 aromatic carbocycles. The molecule has 1 atom stereocenters. The van der Waals surface area contributed by atoms with Crippen molar-refractivity contribution in [1.29, 1.82) is 0 Å². The summed E-state index contributed by atoms with van der Waals surface area (Å²) in [6, 6.07) is 8.32. The zero-order chi connectivity index (χ0) is 13.8. The molecule has 0 aliphatic carbocycles. The van der Waals surface area contributed by atoms with Crippen LogP contribution in [-0.2, 0) is 6.54 Å². The van der Waals surface area contributed by atoms with Gasteiger partial charge in [-0.3, -0.25) is 0 Å². The second-order valence-corrected chi connectivity index (χ2v) is 4.49. The molecule has 2 N–H and O–H groups in total. The van der Waals surface area contributed by atoms with Crippen molar-refractivity contribution in [3.63, 3.8) is 0 Å². The summed E-state index contributed by atoms with van der Waals surface area (Å²) in [6.07, 6.45) is 5.15. The highest BCUT2D eigenvalue weighted by Crippen LogP contribution is 2.16. The van der Waals surface area contributed by atoms with Crippen LogP contribution in [0.5, 0.6) is 0 Å². The molecule has 3 rings (SSSR count). The normalized spacial score (nSPS) is 12.4. The number of aromatic nitrogens is 6. The van der Waals surface area contributed by atoms with E-state index in [1.165, 1.54) is 5.56 Å². The maximum absolute atomic E-state index is 4.19. The third kappa shape index (κ3) is 2.72. The van der Waals surface area contributed by atoms with Gasteiger partial charge in [0.25, 0.3) is 0 Å². The first-order valence-corrected chi connectivity index (χ1v) is 6.38. The molecule has 7 heteroatoms. The summed E-state index contributed by atoms with van der Waals surface area (Å²) in [6.45, 7) is 2.81. The van der Waals surface area contributed by atoms with Crippen molar-refractivity contribution in [2.24, 2.45) is 0 Å². The topological polar surface area (TPSA) is 84.3 Å². The predicted octanol–water partition coefficient (Wildman–Crippen LogP) is 1.24. The first-order chi connectivity index (χ1) is 9.83. The highest BCUT2D eigenvalue weighted by molar-refractivity contribution is 5.35. The fraction of sp³-hybridized carbons (Fsp3) is 0.231. The van der Waals surface area contributed by atoms with E-state index in [9.17, 15) is 0 Å². The van der Waals surface area contributed by atoms with Gasteiger partial charge in [-0.2, -0.15) is 0 Å². The minimum atomic E-state index is 0.205. The minimum Gasteiger partial charge on any atom is -0.348 e. The second kappa shape index (κ2) is 5.62. The van der Waals surface area contributed by atoms with E-state index < -0.39 is 0 Å². The Kier molecular flexibility index (Phi) is 3.51. The average Bonchev–Trinajstić information content (AvgIpc) is 3.18. The van der Waals surface area contributed by atoms with Gasteiger partial charge in [0, 0.05) is 18.4 Å². The van der Waals surface area contributed by atoms with Crippen LogP contribution in [0, 0.1) is 0 Å². The van der Waals surface area contributed by atoms with Crippen molar-refractivity contribution >= 4 is 0 Å². The van der Waals surface area contributed by atoms with Crippen molar-refractivity contribution in [2.75, 3.05) is 0 Å². The third-order valence-corrected chi connectivity index (χ3v) is 3.11. The van der Waals surface area contributed by atoms with E-state index in [4.69, 9.17) is 0 Å². The molecule has 2 heterocycles. The molecule has 102 valence electrons. The summed E-state index contributed by atoms with van der Waals surface area (Å²) in [5.41, 5.74) is 2.11. The second-order valence-electron chi connectivity index (χ2n) is 4.49. The van der Waals surface area contributed by atoms with Crippen LogP contribution >= 0.6 is 0 Å². The maximum Gasteiger partial charge on any atom is 0.143 e. The maximum atomic E-state index is 4.19.